The van der Waals surface area contributed by atoms with Gasteiger partial charge in [-0.25, -0.2) is 9.78 Å². The van der Waals surface area contributed by atoms with Crippen molar-refractivity contribution in [3.8, 4) is 11.1 Å². The molecule has 174 valence electrons. The van der Waals surface area contributed by atoms with Gasteiger partial charge < -0.3 is 15.8 Å². The van der Waals surface area contributed by atoms with Crippen LogP contribution in [0.25, 0.3) is 21.3 Å². The van der Waals surface area contributed by atoms with Gasteiger partial charge in [-0.15, -0.1) is 22.7 Å². The van der Waals surface area contributed by atoms with Gasteiger partial charge >= 0.3 is 5.97 Å². The molecule has 3 aromatic heterocycles. The number of carbonyl (C=O) groups is 3. The molecule has 9 nitrogen and oxygen atoms in total. The Bertz CT molecular complexity index is 1470. The zero-order chi connectivity index (χ0) is 24.4. The first-order valence-corrected chi connectivity index (χ1v) is 11.9. The lowest BCUT2D eigenvalue weighted by Crippen LogP contribution is -2.28. The van der Waals surface area contributed by atoms with Crippen LogP contribution in [0, 0.1) is 6.92 Å². The summed E-state index contributed by atoms with van der Waals surface area (Å²) in [5.41, 5.74) is 7.07. The standard InChI is InChI=1S/C23H20N4O5S2/c1-3-32-23(31)17-14(13-7-5-4-6-8-13)10-33-21(17)26-15(28)9-27-11-25-20-16(22(27)30)12(2)18(34-20)19(24)29/h4-8,10-11H,3,9H2,1-2H3,(H2,24,29)(H,26,28). The summed E-state index contributed by atoms with van der Waals surface area (Å²) in [5.74, 6) is -1.70. The van der Waals surface area contributed by atoms with Crippen molar-refractivity contribution in [3.05, 3.63) is 68.4 Å². The number of primary amides is 1. The molecule has 1 aromatic carbocycles. The number of hydrogen-bond donors (Lipinski definition) is 2. The Morgan fingerprint density at radius 1 is 1.21 bits per heavy atom. The van der Waals surface area contributed by atoms with Crippen LogP contribution in [-0.2, 0) is 16.1 Å². The van der Waals surface area contributed by atoms with Crippen LogP contribution in [0.1, 0.15) is 32.5 Å². The number of amides is 2. The van der Waals surface area contributed by atoms with E-state index in [1.54, 1.807) is 19.2 Å². The topological polar surface area (TPSA) is 133 Å². The Morgan fingerprint density at radius 2 is 1.94 bits per heavy atom. The lowest BCUT2D eigenvalue weighted by Gasteiger charge is -2.10. The Labute approximate surface area is 201 Å². The first-order valence-electron chi connectivity index (χ1n) is 10.2. The number of esters is 1. The normalized spacial score (nSPS) is 10.9. The molecule has 34 heavy (non-hydrogen) atoms. The lowest BCUT2D eigenvalue weighted by atomic mass is 10.0. The third-order valence-electron chi connectivity index (χ3n) is 5.06. The number of nitrogens with zero attached hydrogens (tertiary/aromatic N) is 2. The Hall–Kier alpha value is -3.83. The highest BCUT2D eigenvalue weighted by Gasteiger charge is 2.23. The highest BCUT2D eigenvalue weighted by atomic mass is 32.1. The minimum atomic E-state index is -0.636. The average molecular weight is 497 g/mol. The summed E-state index contributed by atoms with van der Waals surface area (Å²) in [6, 6.07) is 9.30. The number of nitrogens with two attached hydrogens (primary N) is 1. The summed E-state index contributed by atoms with van der Waals surface area (Å²) in [6.07, 6.45) is 1.25. The van der Waals surface area contributed by atoms with Crippen molar-refractivity contribution in [2.24, 2.45) is 5.73 Å². The van der Waals surface area contributed by atoms with Crippen molar-refractivity contribution < 1.29 is 19.1 Å². The monoisotopic (exact) mass is 496 g/mol. The van der Waals surface area contributed by atoms with Crippen molar-refractivity contribution in [2.45, 2.75) is 20.4 Å². The molecule has 0 aliphatic heterocycles. The van der Waals surface area contributed by atoms with Gasteiger partial charge in [0.2, 0.25) is 5.91 Å². The Morgan fingerprint density at radius 3 is 2.62 bits per heavy atom. The van der Waals surface area contributed by atoms with Crippen LogP contribution >= 0.6 is 22.7 Å². The Kier molecular flexibility index (Phi) is 6.57. The molecule has 0 bridgehead atoms. The van der Waals surface area contributed by atoms with E-state index >= 15 is 0 Å². The third-order valence-corrected chi connectivity index (χ3v) is 7.17. The summed E-state index contributed by atoms with van der Waals surface area (Å²) >= 11 is 2.23. The van der Waals surface area contributed by atoms with Crippen molar-refractivity contribution in [2.75, 3.05) is 11.9 Å². The minimum Gasteiger partial charge on any atom is -0.462 e. The van der Waals surface area contributed by atoms with Crippen LogP contribution in [0.4, 0.5) is 5.00 Å². The third kappa shape index (κ3) is 4.35. The number of anilines is 1. The molecule has 4 aromatic rings. The van der Waals surface area contributed by atoms with E-state index in [0.717, 1.165) is 21.5 Å². The molecule has 0 saturated heterocycles. The van der Waals surface area contributed by atoms with Crippen LogP contribution in [0.3, 0.4) is 0 Å². The van der Waals surface area contributed by atoms with Gasteiger partial charge in [0.25, 0.3) is 11.5 Å². The molecule has 11 heteroatoms. The summed E-state index contributed by atoms with van der Waals surface area (Å²) in [5, 5.41) is 5.08. The molecule has 2 amide bonds. The number of aromatic nitrogens is 2. The van der Waals surface area contributed by atoms with E-state index < -0.39 is 23.3 Å². The number of aryl methyl sites for hydroxylation is 1. The van der Waals surface area contributed by atoms with E-state index in [0.29, 0.717) is 21.0 Å². The molecule has 3 heterocycles. The number of nitrogens with one attached hydrogen (secondary N) is 1. The van der Waals surface area contributed by atoms with Crippen LogP contribution in [-0.4, -0.2) is 33.9 Å². The molecule has 0 atom stereocenters. The second kappa shape index (κ2) is 9.57. The number of ether oxygens (including phenoxy) is 1. The summed E-state index contributed by atoms with van der Waals surface area (Å²) in [7, 11) is 0. The van der Waals surface area contributed by atoms with Gasteiger partial charge in [-0.1, -0.05) is 30.3 Å². The van der Waals surface area contributed by atoms with E-state index in [-0.39, 0.29) is 29.0 Å². The van der Waals surface area contributed by atoms with Crippen molar-refractivity contribution >= 4 is 55.7 Å². The number of rotatable bonds is 7. The maximum Gasteiger partial charge on any atom is 0.341 e. The lowest BCUT2D eigenvalue weighted by molar-refractivity contribution is -0.116. The maximum atomic E-state index is 12.9. The van der Waals surface area contributed by atoms with E-state index in [2.05, 4.69) is 10.3 Å². The summed E-state index contributed by atoms with van der Waals surface area (Å²) in [4.78, 5) is 54.9. The average Bonchev–Trinajstić information content (AvgIpc) is 3.38. The predicted octanol–water partition coefficient (Wildman–Crippen LogP) is 3.41. The van der Waals surface area contributed by atoms with Gasteiger partial charge in [0.1, 0.15) is 21.9 Å². The van der Waals surface area contributed by atoms with Gasteiger partial charge in [0.05, 0.1) is 23.2 Å². The van der Waals surface area contributed by atoms with Crippen LogP contribution in [0.2, 0.25) is 0 Å². The molecule has 0 aliphatic rings. The van der Waals surface area contributed by atoms with Crippen LogP contribution in [0.15, 0.2) is 46.8 Å². The second-order valence-electron chi connectivity index (χ2n) is 7.27. The van der Waals surface area contributed by atoms with Crippen molar-refractivity contribution in [1.82, 2.24) is 9.55 Å². The summed E-state index contributed by atoms with van der Waals surface area (Å²) < 4.78 is 6.36. The fraction of sp³-hybridized carbons (Fsp3) is 0.174. The number of carbonyl (C=O) groups excluding carboxylic acids is 3. The van der Waals surface area contributed by atoms with E-state index in [1.165, 1.54) is 17.7 Å². The van der Waals surface area contributed by atoms with E-state index in [4.69, 9.17) is 10.5 Å². The molecule has 0 aliphatic carbocycles. The highest BCUT2D eigenvalue weighted by Crippen LogP contribution is 2.36. The zero-order valence-electron chi connectivity index (χ0n) is 18.3. The van der Waals surface area contributed by atoms with Crippen LogP contribution in [0.5, 0.6) is 0 Å². The fourth-order valence-corrected chi connectivity index (χ4v) is 5.48. The van der Waals surface area contributed by atoms with Gasteiger partial charge in [0, 0.05) is 10.9 Å². The number of fused-ring (bicyclic) bond motifs is 1. The molecule has 0 spiro atoms. The van der Waals surface area contributed by atoms with Crippen molar-refractivity contribution in [3.63, 3.8) is 0 Å². The van der Waals surface area contributed by atoms with Crippen molar-refractivity contribution in [1.29, 1.82) is 0 Å². The first kappa shape index (κ1) is 23.3. The molecule has 0 saturated carbocycles. The molecular formula is C23H20N4O5S2. The first-order chi connectivity index (χ1) is 16.3. The Balaban J connectivity index is 1.64. The number of benzene rings is 1. The maximum absolute atomic E-state index is 12.9. The number of thiophene rings is 2. The second-order valence-corrected chi connectivity index (χ2v) is 9.15. The SMILES string of the molecule is CCOC(=O)c1c(-c2ccccc2)csc1NC(=O)Cn1cnc2sc(C(N)=O)c(C)c2c1=O. The molecule has 4 rings (SSSR count). The van der Waals surface area contributed by atoms with E-state index in [9.17, 15) is 19.2 Å². The molecule has 0 fully saturated rings. The molecule has 3 N–H and O–H groups in total. The zero-order valence-corrected chi connectivity index (χ0v) is 19.9. The quantitative estimate of drug-likeness (QED) is 0.377. The fourth-order valence-electron chi connectivity index (χ4n) is 3.51. The van der Waals surface area contributed by atoms with Crippen LogP contribution < -0.4 is 16.6 Å². The molecule has 0 unspecified atom stereocenters. The number of hydrogen-bond acceptors (Lipinski definition) is 8. The van der Waals surface area contributed by atoms with E-state index in [1.807, 2.05) is 30.3 Å². The predicted molar refractivity (Wildman–Crippen MR) is 131 cm³/mol. The summed E-state index contributed by atoms with van der Waals surface area (Å²) in [6.45, 7) is 3.18. The van der Waals surface area contributed by atoms with Gasteiger partial charge in [-0.3, -0.25) is 19.0 Å². The van der Waals surface area contributed by atoms with Gasteiger partial charge in [-0.2, -0.15) is 0 Å². The van der Waals surface area contributed by atoms with Gasteiger partial charge in [-0.05, 0) is 25.0 Å². The van der Waals surface area contributed by atoms with Gasteiger partial charge in [0.15, 0.2) is 0 Å². The minimum absolute atomic E-state index is 0.185. The molecular weight excluding hydrogens is 476 g/mol. The smallest absolute Gasteiger partial charge is 0.341 e. The molecule has 0 radical (unpaired) electrons. The largest absolute Gasteiger partial charge is 0.462 e. The highest BCUT2D eigenvalue weighted by molar-refractivity contribution is 7.20.